The fourth-order valence-electron chi connectivity index (χ4n) is 1.72. The van der Waals surface area contributed by atoms with Gasteiger partial charge in [0.2, 0.25) is 10.0 Å². The van der Waals surface area contributed by atoms with Gasteiger partial charge in [-0.25, -0.2) is 18.1 Å². The zero-order valence-corrected chi connectivity index (χ0v) is 13.9. The van der Waals surface area contributed by atoms with Crippen molar-refractivity contribution >= 4 is 31.8 Å². The Bertz CT molecular complexity index is 685. The maximum absolute atomic E-state index is 11.5. The summed E-state index contributed by atoms with van der Waals surface area (Å²) in [5, 5.41) is 3.20. The first-order valence-corrected chi connectivity index (χ1v) is 8.77. The molecule has 2 N–H and O–H groups in total. The van der Waals surface area contributed by atoms with Gasteiger partial charge in [-0.1, -0.05) is 24.3 Å². The first kappa shape index (κ1) is 15.9. The van der Waals surface area contributed by atoms with E-state index in [0.717, 1.165) is 21.4 Å². The summed E-state index contributed by atoms with van der Waals surface area (Å²) in [5.41, 5.74) is 1.82. The molecule has 1 aromatic carbocycles. The fourth-order valence-corrected chi connectivity index (χ4v) is 2.73. The molecule has 7 heteroatoms. The number of nitrogens with one attached hydrogen (secondary N) is 2. The van der Waals surface area contributed by atoms with Gasteiger partial charge in [0.05, 0.1) is 5.75 Å². The minimum Gasteiger partial charge on any atom is -0.366 e. The maximum Gasteiger partial charge on any atom is 0.215 e. The molecule has 0 bridgehead atoms. The van der Waals surface area contributed by atoms with Gasteiger partial charge >= 0.3 is 0 Å². The van der Waals surface area contributed by atoms with E-state index in [9.17, 15) is 8.42 Å². The van der Waals surface area contributed by atoms with Crippen molar-refractivity contribution in [2.24, 2.45) is 0 Å². The monoisotopic (exact) mass is 369 g/mol. The summed E-state index contributed by atoms with van der Waals surface area (Å²) in [6.45, 7) is 0.633. The van der Waals surface area contributed by atoms with E-state index in [2.05, 4.69) is 31.0 Å². The number of rotatable bonds is 6. The lowest BCUT2D eigenvalue weighted by molar-refractivity contribution is 0.587. The summed E-state index contributed by atoms with van der Waals surface area (Å²) in [4.78, 5) is 4.22. The number of anilines is 1. The highest BCUT2D eigenvalue weighted by molar-refractivity contribution is 9.10. The Balaban J connectivity index is 1.95. The van der Waals surface area contributed by atoms with E-state index >= 15 is 0 Å². The quantitative estimate of drug-likeness (QED) is 0.820. The Morgan fingerprint density at radius 1 is 1.10 bits per heavy atom. The minimum atomic E-state index is -3.22. The predicted molar refractivity (Wildman–Crippen MR) is 87.4 cm³/mol. The van der Waals surface area contributed by atoms with Gasteiger partial charge in [0.15, 0.2) is 0 Å². The van der Waals surface area contributed by atoms with E-state index in [1.807, 2.05) is 36.4 Å². The molecule has 1 heterocycles. The van der Waals surface area contributed by atoms with Crippen molar-refractivity contribution in [2.75, 3.05) is 12.4 Å². The van der Waals surface area contributed by atoms with Crippen molar-refractivity contribution < 1.29 is 8.42 Å². The lowest BCUT2D eigenvalue weighted by atomic mass is 10.1. The van der Waals surface area contributed by atoms with Crippen LogP contribution in [0.25, 0.3) is 0 Å². The molecular weight excluding hydrogens is 354 g/mol. The topological polar surface area (TPSA) is 71.1 Å². The highest BCUT2D eigenvalue weighted by Crippen LogP contribution is 2.12. The molecule has 0 amide bonds. The van der Waals surface area contributed by atoms with Crippen LogP contribution in [0.4, 0.5) is 5.82 Å². The summed E-state index contributed by atoms with van der Waals surface area (Å²) < 4.78 is 26.1. The van der Waals surface area contributed by atoms with Gasteiger partial charge in [-0.3, -0.25) is 0 Å². The van der Waals surface area contributed by atoms with Crippen LogP contribution in [0.15, 0.2) is 47.1 Å². The van der Waals surface area contributed by atoms with E-state index < -0.39 is 10.0 Å². The molecule has 0 aliphatic heterocycles. The average Bonchev–Trinajstić information content (AvgIpc) is 2.48. The second-order valence-electron chi connectivity index (χ2n) is 4.49. The molecular formula is C14H16BrN3O2S. The summed E-state index contributed by atoms with van der Waals surface area (Å²) in [6, 6.07) is 11.3. The number of halogens is 1. The van der Waals surface area contributed by atoms with Crippen LogP contribution in [-0.4, -0.2) is 20.4 Å². The normalized spacial score (nSPS) is 11.3. The van der Waals surface area contributed by atoms with Crippen LogP contribution in [0, 0.1) is 0 Å². The van der Waals surface area contributed by atoms with E-state index in [1.54, 1.807) is 6.20 Å². The van der Waals surface area contributed by atoms with Crippen molar-refractivity contribution in [3.63, 3.8) is 0 Å². The lowest BCUT2D eigenvalue weighted by Crippen LogP contribution is -2.20. The summed E-state index contributed by atoms with van der Waals surface area (Å²) in [7, 11) is -1.81. The summed E-state index contributed by atoms with van der Waals surface area (Å²) in [5.74, 6) is 0.783. The number of pyridine rings is 1. The Kier molecular flexibility index (Phi) is 5.33. The molecule has 0 saturated carbocycles. The van der Waals surface area contributed by atoms with Gasteiger partial charge < -0.3 is 5.32 Å². The van der Waals surface area contributed by atoms with Crippen LogP contribution >= 0.6 is 15.9 Å². The molecule has 0 atom stereocenters. The Hall–Kier alpha value is -1.44. The lowest BCUT2D eigenvalue weighted by Gasteiger charge is -2.07. The molecule has 0 aliphatic carbocycles. The zero-order chi connectivity index (χ0) is 15.3. The summed E-state index contributed by atoms with van der Waals surface area (Å²) in [6.07, 6.45) is 1.73. The fraction of sp³-hybridized carbons (Fsp3) is 0.214. The number of benzene rings is 1. The molecule has 0 radical (unpaired) electrons. The standard InChI is InChI=1S/C14H16BrN3O2S/c1-16-21(19,20)10-12-4-2-11(3-5-12)8-17-14-7-6-13(15)9-18-14/h2-7,9,16H,8,10H2,1H3,(H,17,18). The molecule has 2 aromatic rings. The molecule has 5 nitrogen and oxygen atoms in total. The molecule has 1 aromatic heterocycles. The largest absolute Gasteiger partial charge is 0.366 e. The van der Waals surface area contributed by atoms with Crippen LogP contribution in [0.1, 0.15) is 11.1 Å². The maximum atomic E-state index is 11.5. The van der Waals surface area contributed by atoms with Crippen LogP contribution < -0.4 is 10.0 Å². The Labute approximate surface area is 133 Å². The third-order valence-corrected chi connectivity index (χ3v) is 4.70. The van der Waals surface area contributed by atoms with Gasteiger partial charge in [-0.15, -0.1) is 0 Å². The van der Waals surface area contributed by atoms with E-state index in [1.165, 1.54) is 7.05 Å². The van der Waals surface area contributed by atoms with Crippen LogP contribution in [-0.2, 0) is 22.3 Å². The van der Waals surface area contributed by atoms with Crippen molar-refractivity contribution in [3.05, 3.63) is 58.2 Å². The van der Waals surface area contributed by atoms with E-state index in [4.69, 9.17) is 0 Å². The molecule has 0 fully saturated rings. The van der Waals surface area contributed by atoms with E-state index in [0.29, 0.717) is 6.54 Å². The van der Waals surface area contributed by atoms with Crippen molar-refractivity contribution in [1.29, 1.82) is 0 Å². The number of nitrogens with zero attached hydrogens (tertiary/aromatic N) is 1. The molecule has 21 heavy (non-hydrogen) atoms. The minimum absolute atomic E-state index is 0.00846. The Morgan fingerprint density at radius 3 is 2.33 bits per heavy atom. The first-order chi connectivity index (χ1) is 9.98. The SMILES string of the molecule is CNS(=O)(=O)Cc1ccc(CNc2ccc(Br)cn2)cc1. The van der Waals surface area contributed by atoms with Crippen LogP contribution in [0.5, 0.6) is 0 Å². The highest BCUT2D eigenvalue weighted by Gasteiger charge is 2.08. The molecule has 112 valence electrons. The van der Waals surface area contributed by atoms with Gasteiger partial charge in [0, 0.05) is 17.2 Å². The molecule has 2 rings (SSSR count). The third kappa shape index (κ3) is 5.11. The molecule has 0 spiro atoms. The zero-order valence-electron chi connectivity index (χ0n) is 11.5. The number of hydrogen-bond donors (Lipinski definition) is 2. The van der Waals surface area contributed by atoms with Crippen molar-refractivity contribution in [3.8, 4) is 0 Å². The van der Waals surface area contributed by atoms with Gasteiger partial charge in [-0.05, 0) is 46.2 Å². The predicted octanol–water partition coefficient (Wildman–Crippen LogP) is 2.51. The second-order valence-corrected chi connectivity index (χ2v) is 7.34. The van der Waals surface area contributed by atoms with Gasteiger partial charge in [0.25, 0.3) is 0 Å². The Morgan fingerprint density at radius 2 is 1.76 bits per heavy atom. The summed E-state index contributed by atoms with van der Waals surface area (Å²) >= 11 is 3.33. The smallest absolute Gasteiger partial charge is 0.215 e. The first-order valence-electron chi connectivity index (χ1n) is 6.33. The van der Waals surface area contributed by atoms with E-state index in [-0.39, 0.29) is 5.75 Å². The number of sulfonamides is 1. The van der Waals surface area contributed by atoms with Crippen LogP contribution in [0.2, 0.25) is 0 Å². The molecule has 0 unspecified atom stereocenters. The van der Waals surface area contributed by atoms with Gasteiger partial charge in [-0.2, -0.15) is 0 Å². The average molecular weight is 370 g/mol. The van der Waals surface area contributed by atoms with Crippen LogP contribution in [0.3, 0.4) is 0 Å². The molecule has 0 aliphatic rings. The number of hydrogen-bond acceptors (Lipinski definition) is 4. The molecule has 0 saturated heterocycles. The van der Waals surface area contributed by atoms with Crippen molar-refractivity contribution in [1.82, 2.24) is 9.71 Å². The third-order valence-electron chi connectivity index (χ3n) is 2.89. The van der Waals surface area contributed by atoms with Crippen molar-refractivity contribution in [2.45, 2.75) is 12.3 Å². The highest BCUT2D eigenvalue weighted by atomic mass is 79.9. The number of aromatic nitrogens is 1. The second kappa shape index (κ2) is 7.02. The van der Waals surface area contributed by atoms with Gasteiger partial charge in [0.1, 0.15) is 5.82 Å².